The van der Waals surface area contributed by atoms with Crippen LogP contribution in [0.4, 0.5) is 8.78 Å². The third kappa shape index (κ3) is 3.75. The van der Waals surface area contributed by atoms with E-state index in [4.69, 9.17) is 0 Å². The zero-order valence-corrected chi connectivity index (χ0v) is 17.6. The predicted molar refractivity (Wildman–Crippen MR) is 109 cm³/mol. The van der Waals surface area contributed by atoms with Crippen LogP contribution in [-0.4, -0.2) is 28.8 Å². The first-order valence-electron chi connectivity index (χ1n) is 10.8. The molecule has 3 aliphatic carbocycles. The maximum atomic E-state index is 13.1. The highest BCUT2D eigenvalue weighted by atomic mass is 19.3. The third-order valence-corrected chi connectivity index (χ3v) is 8.55. The van der Waals surface area contributed by atoms with Crippen molar-refractivity contribution in [2.24, 2.45) is 22.7 Å². The van der Waals surface area contributed by atoms with Gasteiger partial charge in [0.15, 0.2) is 0 Å². The maximum absolute atomic E-state index is 13.1. The summed E-state index contributed by atoms with van der Waals surface area (Å²) in [5.41, 5.74) is 2.98. The van der Waals surface area contributed by atoms with E-state index in [1.54, 1.807) is 0 Å². The number of rotatable bonds is 4. The monoisotopic (exact) mass is 394 g/mol. The molecule has 6 atom stereocenters. The first kappa shape index (κ1) is 21.7. The van der Waals surface area contributed by atoms with Gasteiger partial charge in [-0.05, 0) is 73.2 Å². The van der Waals surface area contributed by atoms with Crippen molar-refractivity contribution >= 4 is 0 Å². The van der Waals surface area contributed by atoms with E-state index in [2.05, 4.69) is 32.6 Å². The van der Waals surface area contributed by atoms with E-state index in [-0.39, 0.29) is 23.2 Å². The highest BCUT2D eigenvalue weighted by molar-refractivity contribution is 5.30. The van der Waals surface area contributed by atoms with Crippen LogP contribution in [-0.2, 0) is 0 Å². The van der Waals surface area contributed by atoms with Crippen molar-refractivity contribution in [3.8, 4) is 0 Å². The number of aliphatic hydroxyl groups excluding tert-OH is 2. The Kier molecular flexibility index (Phi) is 6.22. The summed E-state index contributed by atoms with van der Waals surface area (Å²) >= 11 is 0. The molecule has 3 rings (SSSR count). The number of fused-ring (bicyclic) bond motifs is 1. The standard InChI is InChI=1S/C24H36F2O2/c1-15(12-22(25)26)23(3)11-9-19-18(6-5-10-24(19,23)4)8-7-17-13-20(27)16(2)21(28)14-17/h7-8,15,19-22,27-28H,2,5-6,9-14H2,1,3-4H3/b18-8+/t15?,19-,20+,21+,23+,24-/m0/s1. The Morgan fingerprint density at radius 2 is 1.79 bits per heavy atom. The van der Waals surface area contributed by atoms with E-state index < -0.39 is 18.6 Å². The van der Waals surface area contributed by atoms with Gasteiger partial charge in [-0.1, -0.05) is 50.6 Å². The van der Waals surface area contributed by atoms with Gasteiger partial charge in [-0.15, -0.1) is 0 Å². The van der Waals surface area contributed by atoms with Crippen LogP contribution in [0.3, 0.4) is 0 Å². The van der Waals surface area contributed by atoms with Crippen LogP contribution in [0, 0.1) is 22.7 Å². The van der Waals surface area contributed by atoms with Crippen molar-refractivity contribution in [2.75, 3.05) is 0 Å². The molecule has 28 heavy (non-hydrogen) atoms. The molecule has 0 amide bonds. The van der Waals surface area contributed by atoms with Gasteiger partial charge >= 0.3 is 0 Å². The van der Waals surface area contributed by atoms with E-state index in [9.17, 15) is 19.0 Å². The molecule has 3 saturated carbocycles. The molecule has 2 N–H and O–H groups in total. The zero-order chi connectivity index (χ0) is 20.7. The normalized spacial score (nSPS) is 41.4. The maximum Gasteiger partial charge on any atom is 0.238 e. The summed E-state index contributed by atoms with van der Waals surface area (Å²) in [7, 11) is 0. The number of allylic oxidation sites excluding steroid dienone is 3. The minimum atomic E-state index is -2.24. The Morgan fingerprint density at radius 3 is 2.39 bits per heavy atom. The highest BCUT2D eigenvalue weighted by Crippen LogP contribution is 2.66. The van der Waals surface area contributed by atoms with Crippen LogP contribution in [0.2, 0.25) is 0 Å². The summed E-state index contributed by atoms with van der Waals surface area (Å²) < 4.78 is 26.2. The first-order valence-corrected chi connectivity index (χ1v) is 10.8. The number of alkyl halides is 2. The van der Waals surface area contributed by atoms with Crippen LogP contribution in [0.1, 0.15) is 72.1 Å². The SMILES string of the molecule is C=C1[C@H](O)CC(=C/C=C2\CCC[C@@]3(C)[C@H]2CC[C@]3(C)C(C)CC(F)F)C[C@H]1O. The van der Waals surface area contributed by atoms with Gasteiger partial charge < -0.3 is 10.2 Å². The van der Waals surface area contributed by atoms with Crippen LogP contribution in [0.5, 0.6) is 0 Å². The zero-order valence-electron chi connectivity index (χ0n) is 17.6. The van der Waals surface area contributed by atoms with Gasteiger partial charge in [-0.2, -0.15) is 0 Å². The van der Waals surface area contributed by atoms with E-state index >= 15 is 0 Å². The van der Waals surface area contributed by atoms with Crippen LogP contribution in [0.15, 0.2) is 35.5 Å². The summed E-state index contributed by atoms with van der Waals surface area (Å²) in [6.07, 6.45) is 7.09. The predicted octanol–water partition coefficient (Wildman–Crippen LogP) is 5.81. The second-order valence-corrected chi connectivity index (χ2v) is 9.89. The van der Waals surface area contributed by atoms with Crippen molar-refractivity contribution in [2.45, 2.75) is 90.8 Å². The van der Waals surface area contributed by atoms with Crippen molar-refractivity contribution in [3.63, 3.8) is 0 Å². The Hall–Kier alpha value is -1.00. The average Bonchev–Trinajstić information content (AvgIpc) is 2.90. The molecule has 0 bridgehead atoms. The van der Waals surface area contributed by atoms with Crippen molar-refractivity contribution in [1.82, 2.24) is 0 Å². The minimum Gasteiger partial charge on any atom is -0.388 e. The lowest BCUT2D eigenvalue weighted by Gasteiger charge is -2.51. The molecule has 0 saturated heterocycles. The summed E-state index contributed by atoms with van der Waals surface area (Å²) in [5, 5.41) is 20.1. The molecule has 0 aromatic rings. The lowest BCUT2D eigenvalue weighted by molar-refractivity contribution is -0.0193. The second kappa shape index (κ2) is 8.02. The highest BCUT2D eigenvalue weighted by Gasteiger charge is 2.58. The minimum absolute atomic E-state index is 0.00913. The molecular weight excluding hydrogens is 358 g/mol. The van der Waals surface area contributed by atoms with E-state index in [0.29, 0.717) is 24.3 Å². The van der Waals surface area contributed by atoms with Crippen LogP contribution in [0.25, 0.3) is 0 Å². The quantitative estimate of drug-likeness (QED) is 0.591. The summed E-state index contributed by atoms with van der Waals surface area (Å²) in [5.74, 6) is 0.450. The summed E-state index contributed by atoms with van der Waals surface area (Å²) in [6, 6.07) is 0. The van der Waals surface area contributed by atoms with Crippen molar-refractivity contribution < 1.29 is 19.0 Å². The van der Waals surface area contributed by atoms with E-state index in [0.717, 1.165) is 37.7 Å². The van der Waals surface area contributed by atoms with Crippen LogP contribution >= 0.6 is 0 Å². The van der Waals surface area contributed by atoms with Gasteiger partial charge in [0.05, 0.1) is 12.2 Å². The molecule has 3 aliphatic rings. The van der Waals surface area contributed by atoms with Crippen LogP contribution < -0.4 is 0 Å². The Balaban J connectivity index is 1.81. The molecule has 0 aromatic carbocycles. The lowest BCUT2D eigenvalue weighted by atomic mass is 9.53. The van der Waals surface area contributed by atoms with Gasteiger partial charge in [0.2, 0.25) is 6.43 Å². The molecule has 0 spiro atoms. The summed E-state index contributed by atoms with van der Waals surface area (Å²) in [4.78, 5) is 0. The first-order chi connectivity index (χ1) is 13.1. The third-order valence-electron chi connectivity index (χ3n) is 8.55. The Bertz CT molecular complexity index is 652. The largest absolute Gasteiger partial charge is 0.388 e. The van der Waals surface area contributed by atoms with Gasteiger partial charge in [-0.3, -0.25) is 0 Å². The van der Waals surface area contributed by atoms with E-state index in [1.807, 2.05) is 6.92 Å². The molecule has 0 heterocycles. The molecule has 3 fully saturated rings. The molecule has 4 heteroatoms. The van der Waals surface area contributed by atoms with Gasteiger partial charge in [0.1, 0.15) is 0 Å². The smallest absolute Gasteiger partial charge is 0.238 e. The Labute approximate surface area is 168 Å². The number of hydrogen-bond donors (Lipinski definition) is 2. The van der Waals surface area contributed by atoms with Crippen molar-refractivity contribution in [1.29, 1.82) is 0 Å². The van der Waals surface area contributed by atoms with E-state index in [1.165, 1.54) is 5.57 Å². The number of hydrogen-bond acceptors (Lipinski definition) is 2. The summed E-state index contributed by atoms with van der Waals surface area (Å²) in [6.45, 7) is 10.3. The Morgan fingerprint density at radius 1 is 1.14 bits per heavy atom. The number of halogens is 2. The molecule has 1 unspecified atom stereocenters. The average molecular weight is 395 g/mol. The fraction of sp³-hybridized carbons (Fsp3) is 0.750. The van der Waals surface area contributed by atoms with Gasteiger partial charge in [-0.25, -0.2) is 8.78 Å². The van der Waals surface area contributed by atoms with Gasteiger partial charge in [0, 0.05) is 6.42 Å². The molecule has 0 aromatic heterocycles. The fourth-order valence-electron chi connectivity index (χ4n) is 6.30. The van der Waals surface area contributed by atoms with Gasteiger partial charge in [0.25, 0.3) is 0 Å². The molecule has 0 aliphatic heterocycles. The second-order valence-electron chi connectivity index (χ2n) is 9.89. The molecular formula is C24H36F2O2. The lowest BCUT2D eigenvalue weighted by Crippen LogP contribution is -2.44. The molecule has 158 valence electrons. The topological polar surface area (TPSA) is 40.5 Å². The molecule has 0 radical (unpaired) electrons. The van der Waals surface area contributed by atoms with Crippen molar-refractivity contribution in [3.05, 3.63) is 35.5 Å². The fourth-order valence-corrected chi connectivity index (χ4v) is 6.30. The number of aliphatic hydroxyl groups is 2. The molecule has 2 nitrogen and oxygen atoms in total.